The molecule has 2 heterocycles. The van der Waals surface area contributed by atoms with E-state index in [4.69, 9.17) is 0 Å². The molecule has 0 aliphatic carbocycles. The molecule has 3 heteroatoms. The van der Waals surface area contributed by atoms with Gasteiger partial charge in [-0.25, -0.2) is 9.67 Å². The Balaban J connectivity index is 2.57. The van der Waals surface area contributed by atoms with Gasteiger partial charge in [-0.1, -0.05) is 27.7 Å². The molecule has 16 heavy (non-hydrogen) atoms. The van der Waals surface area contributed by atoms with E-state index in [9.17, 15) is 0 Å². The minimum absolute atomic E-state index is 0.445. The van der Waals surface area contributed by atoms with Crippen molar-refractivity contribution < 1.29 is 0 Å². The van der Waals surface area contributed by atoms with Crippen LogP contribution < -0.4 is 0 Å². The Labute approximate surface area is 96.5 Å². The Bertz CT molecular complexity index is 483. The van der Waals surface area contributed by atoms with E-state index < -0.39 is 0 Å². The maximum atomic E-state index is 4.68. The van der Waals surface area contributed by atoms with Crippen molar-refractivity contribution in [2.24, 2.45) is 5.92 Å². The van der Waals surface area contributed by atoms with E-state index in [0.29, 0.717) is 11.8 Å². The zero-order valence-electron chi connectivity index (χ0n) is 10.4. The third kappa shape index (κ3) is 1.94. The molecule has 2 rings (SSSR count). The summed E-state index contributed by atoms with van der Waals surface area (Å²) in [5, 5.41) is 5.88. The first-order valence-electron chi connectivity index (χ1n) is 5.91. The molecule has 0 saturated heterocycles. The van der Waals surface area contributed by atoms with Crippen LogP contribution in [0, 0.1) is 5.92 Å². The van der Waals surface area contributed by atoms with Crippen molar-refractivity contribution in [3.8, 4) is 0 Å². The quantitative estimate of drug-likeness (QED) is 0.790. The van der Waals surface area contributed by atoms with Gasteiger partial charge in [0.15, 0.2) is 5.65 Å². The van der Waals surface area contributed by atoms with E-state index >= 15 is 0 Å². The Morgan fingerprint density at radius 3 is 2.62 bits per heavy atom. The minimum Gasteiger partial charge on any atom is -0.247 e. The molecule has 0 N–H and O–H groups in total. The standard InChI is InChI=1S/C13H19N3/c1-9(2)8-16-13-11(6-5-7-14-13)12(15-16)10(3)4/h5-7,9-10H,8H2,1-4H3. The molecule has 0 bridgehead atoms. The summed E-state index contributed by atoms with van der Waals surface area (Å²) in [7, 11) is 0. The number of hydrogen-bond donors (Lipinski definition) is 0. The van der Waals surface area contributed by atoms with Gasteiger partial charge in [0, 0.05) is 18.1 Å². The normalized spacial score (nSPS) is 11.9. The Hall–Kier alpha value is -1.38. The molecule has 2 aromatic heterocycles. The fourth-order valence-corrected chi connectivity index (χ4v) is 1.93. The number of aromatic nitrogens is 3. The van der Waals surface area contributed by atoms with Crippen molar-refractivity contribution in [1.29, 1.82) is 0 Å². The van der Waals surface area contributed by atoms with Crippen LogP contribution in [-0.4, -0.2) is 14.8 Å². The summed E-state index contributed by atoms with van der Waals surface area (Å²) in [6.45, 7) is 9.68. The van der Waals surface area contributed by atoms with Crippen LogP contribution >= 0.6 is 0 Å². The van der Waals surface area contributed by atoms with Gasteiger partial charge in [-0.05, 0) is 24.0 Å². The van der Waals surface area contributed by atoms with Crippen LogP contribution in [-0.2, 0) is 6.54 Å². The summed E-state index contributed by atoms with van der Waals surface area (Å²) < 4.78 is 2.04. The van der Waals surface area contributed by atoms with Gasteiger partial charge in [-0.2, -0.15) is 5.10 Å². The number of nitrogens with zero attached hydrogens (tertiary/aromatic N) is 3. The van der Waals surface area contributed by atoms with Crippen molar-refractivity contribution in [2.75, 3.05) is 0 Å². The molecular formula is C13H19N3. The highest BCUT2D eigenvalue weighted by Crippen LogP contribution is 2.23. The van der Waals surface area contributed by atoms with Crippen molar-refractivity contribution in [1.82, 2.24) is 14.8 Å². The maximum absolute atomic E-state index is 4.68. The molecule has 0 amide bonds. The van der Waals surface area contributed by atoms with E-state index in [-0.39, 0.29) is 0 Å². The molecule has 0 aliphatic rings. The molecule has 0 unspecified atom stereocenters. The maximum Gasteiger partial charge on any atom is 0.158 e. The highest BCUT2D eigenvalue weighted by atomic mass is 15.3. The zero-order valence-corrected chi connectivity index (χ0v) is 10.4. The van der Waals surface area contributed by atoms with Crippen molar-refractivity contribution >= 4 is 11.0 Å². The van der Waals surface area contributed by atoms with Crippen molar-refractivity contribution in [3.05, 3.63) is 24.0 Å². The lowest BCUT2D eigenvalue weighted by Gasteiger charge is -2.05. The minimum atomic E-state index is 0.445. The fourth-order valence-electron chi connectivity index (χ4n) is 1.93. The average Bonchev–Trinajstić information content (AvgIpc) is 2.57. The Morgan fingerprint density at radius 2 is 2.00 bits per heavy atom. The smallest absolute Gasteiger partial charge is 0.158 e. The van der Waals surface area contributed by atoms with E-state index in [1.807, 2.05) is 16.9 Å². The van der Waals surface area contributed by atoms with Crippen molar-refractivity contribution in [3.63, 3.8) is 0 Å². The lowest BCUT2D eigenvalue weighted by molar-refractivity contribution is 0.487. The first-order valence-corrected chi connectivity index (χ1v) is 5.91. The van der Waals surface area contributed by atoms with Gasteiger partial charge < -0.3 is 0 Å². The fraction of sp³-hybridized carbons (Fsp3) is 0.538. The van der Waals surface area contributed by atoms with E-state index in [1.54, 1.807) is 0 Å². The molecule has 86 valence electrons. The monoisotopic (exact) mass is 217 g/mol. The second-order valence-corrected chi connectivity index (χ2v) is 4.99. The topological polar surface area (TPSA) is 30.7 Å². The van der Waals surface area contributed by atoms with Crippen molar-refractivity contribution in [2.45, 2.75) is 40.2 Å². The molecule has 0 radical (unpaired) electrons. The van der Waals surface area contributed by atoms with Gasteiger partial charge in [-0.3, -0.25) is 0 Å². The number of rotatable bonds is 3. The highest BCUT2D eigenvalue weighted by molar-refractivity contribution is 5.78. The SMILES string of the molecule is CC(C)Cn1nc(C(C)C)c2cccnc21. The molecule has 0 atom stereocenters. The lowest BCUT2D eigenvalue weighted by Crippen LogP contribution is -2.07. The molecule has 2 aromatic rings. The van der Waals surface area contributed by atoms with Gasteiger partial charge in [-0.15, -0.1) is 0 Å². The highest BCUT2D eigenvalue weighted by Gasteiger charge is 2.14. The lowest BCUT2D eigenvalue weighted by atomic mass is 10.1. The van der Waals surface area contributed by atoms with E-state index in [1.165, 1.54) is 5.39 Å². The van der Waals surface area contributed by atoms with Gasteiger partial charge >= 0.3 is 0 Å². The summed E-state index contributed by atoms with van der Waals surface area (Å²) >= 11 is 0. The largest absolute Gasteiger partial charge is 0.247 e. The predicted molar refractivity (Wildman–Crippen MR) is 66.5 cm³/mol. The molecule has 0 saturated carbocycles. The molecule has 0 aliphatic heterocycles. The van der Waals surface area contributed by atoms with Gasteiger partial charge in [0.25, 0.3) is 0 Å². The second-order valence-electron chi connectivity index (χ2n) is 4.99. The van der Waals surface area contributed by atoms with E-state index in [0.717, 1.165) is 17.9 Å². The van der Waals surface area contributed by atoms with E-state index in [2.05, 4.69) is 43.8 Å². The predicted octanol–water partition coefficient (Wildman–Crippen LogP) is 3.21. The summed E-state index contributed by atoms with van der Waals surface area (Å²) in [6, 6.07) is 4.09. The molecular weight excluding hydrogens is 198 g/mol. The first kappa shape index (κ1) is 11.1. The third-order valence-electron chi connectivity index (χ3n) is 2.62. The van der Waals surface area contributed by atoms with Crippen LogP contribution in [0.2, 0.25) is 0 Å². The summed E-state index contributed by atoms with van der Waals surface area (Å²) in [4.78, 5) is 4.44. The molecule has 0 aromatic carbocycles. The molecule has 0 spiro atoms. The van der Waals surface area contributed by atoms with Crippen LogP contribution in [0.1, 0.15) is 39.3 Å². The van der Waals surface area contributed by atoms with Crippen LogP contribution in [0.25, 0.3) is 11.0 Å². The second kappa shape index (κ2) is 4.24. The van der Waals surface area contributed by atoms with Crippen LogP contribution in [0.4, 0.5) is 0 Å². The Kier molecular flexibility index (Phi) is 2.95. The average molecular weight is 217 g/mol. The summed E-state index contributed by atoms with van der Waals surface area (Å²) in [5.41, 5.74) is 2.17. The van der Waals surface area contributed by atoms with Crippen LogP contribution in [0.5, 0.6) is 0 Å². The summed E-state index contributed by atoms with van der Waals surface area (Å²) in [5.74, 6) is 1.03. The van der Waals surface area contributed by atoms with Crippen LogP contribution in [0.3, 0.4) is 0 Å². The summed E-state index contributed by atoms with van der Waals surface area (Å²) in [6.07, 6.45) is 1.84. The van der Waals surface area contributed by atoms with Gasteiger partial charge in [0.05, 0.1) is 5.69 Å². The first-order chi connectivity index (χ1) is 7.59. The zero-order chi connectivity index (χ0) is 11.7. The number of hydrogen-bond acceptors (Lipinski definition) is 2. The number of pyridine rings is 1. The number of fused-ring (bicyclic) bond motifs is 1. The Morgan fingerprint density at radius 1 is 1.25 bits per heavy atom. The van der Waals surface area contributed by atoms with Crippen LogP contribution in [0.15, 0.2) is 18.3 Å². The molecule has 0 fully saturated rings. The molecule has 3 nitrogen and oxygen atoms in total. The van der Waals surface area contributed by atoms with Gasteiger partial charge in [0.1, 0.15) is 0 Å². The third-order valence-corrected chi connectivity index (χ3v) is 2.62. The van der Waals surface area contributed by atoms with Gasteiger partial charge in [0.2, 0.25) is 0 Å².